The van der Waals surface area contributed by atoms with Crippen LogP contribution in [0.5, 0.6) is 0 Å². The van der Waals surface area contributed by atoms with Crippen molar-refractivity contribution in [2.45, 2.75) is 40.5 Å². The van der Waals surface area contributed by atoms with Crippen molar-refractivity contribution in [2.24, 2.45) is 11.3 Å². The highest BCUT2D eigenvalue weighted by atomic mass is 14.4. The third-order valence-corrected chi connectivity index (χ3v) is 4.25. The highest BCUT2D eigenvalue weighted by molar-refractivity contribution is 5.40. The Labute approximate surface area is 75.4 Å². The lowest BCUT2D eigenvalue weighted by Crippen LogP contribution is -2.32. The zero-order valence-corrected chi connectivity index (χ0v) is 8.57. The van der Waals surface area contributed by atoms with Crippen LogP contribution in [0.1, 0.15) is 40.5 Å². The van der Waals surface area contributed by atoms with Crippen LogP contribution in [0.15, 0.2) is 22.8 Å². The van der Waals surface area contributed by atoms with E-state index in [0.717, 1.165) is 5.92 Å². The predicted molar refractivity (Wildman–Crippen MR) is 53.0 cm³/mol. The number of allylic oxidation sites excluding steroid dienone is 4. The summed E-state index contributed by atoms with van der Waals surface area (Å²) in [7, 11) is 0. The summed E-state index contributed by atoms with van der Waals surface area (Å²) in [6.45, 7) is 9.31. The first-order valence-corrected chi connectivity index (χ1v) is 4.92. The molecule has 0 saturated carbocycles. The van der Waals surface area contributed by atoms with Crippen LogP contribution in [0.25, 0.3) is 0 Å². The Morgan fingerprint density at radius 1 is 1.33 bits per heavy atom. The number of rotatable bonds is 0. The summed E-state index contributed by atoms with van der Waals surface area (Å²) in [4.78, 5) is 0. The molecular formula is C12H18. The number of hydrogen-bond donors (Lipinski definition) is 0. The Balaban J connectivity index is 2.55. The van der Waals surface area contributed by atoms with E-state index < -0.39 is 0 Å². The van der Waals surface area contributed by atoms with Crippen LogP contribution in [0, 0.1) is 11.3 Å². The molecule has 3 aliphatic rings. The molecule has 0 N–H and O–H groups in total. The molecule has 2 atom stereocenters. The maximum Gasteiger partial charge on any atom is 0.00900 e. The van der Waals surface area contributed by atoms with Gasteiger partial charge < -0.3 is 0 Å². The van der Waals surface area contributed by atoms with Crippen molar-refractivity contribution >= 4 is 0 Å². The van der Waals surface area contributed by atoms with E-state index in [1.807, 2.05) is 0 Å². The van der Waals surface area contributed by atoms with Gasteiger partial charge in [0.2, 0.25) is 0 Å². The van der Waals surface area contributed by atoms with Gasteiger partial charge in [-0.3, -0.25) is 0 Å². The summed E-state index contributed by atoms with van der Waals surface area (Å²) in [5.74, 6) is 0.770. The summed E-state index contributed by atoms with van der Waals surface area (Å²) < 4.78 is 0. The van der Waals surface area contributed by atoms with Gasteiger partial charge in [0.15, 0.2) is 0 Å². The molecule has 0 aromatic heterocycles. The van der Waals surface area contributed by atoms with Gasteiger partial charge in [-0.25, -0.2) is 0 Å². The molecule has 0 spiro atoms. The van der Waals surface area contributed by atoms with E-state index in [9.17, 15) is 0 Å². The molecule has 0 fully saturated rings. The van der Waals surface area contributed by atoms with E-state index in [1.54, 1.807) is 16.7 Å². The average molecular weight is 162 g/mol. The fourth-order valence-electron chi connectivity index (χ4n) is 2.75. The first kappa shape index (κ1) is 8.10. The molecule has 0 aromatic rings. The van der Waals surface area contributed by atoms with Crippen molar-refractivity contribution < 1.29 is 0 Å². The maximum atomic E-state index is 2.48. The summed E-state index contributed by atoms with van der Waals surface area (Å²) in [5.41, 5.74) is 5.29. The topological polar surface area (TPSA) is 0 Å². The van der Waals surface area contributed by atoms with Crippen molar-refractivity contribution in [3.63, 3.8) is 0 Å². The molecule has 66 valence electrons. The highest BCUT2D eigenvalue weighted by Gasteiger charge is 2.39. The second-order valence-electron chi connectivity index (χ2n) is 4.63. The first-order chi connectivity index (χ1) is 5.55. The third-order valence-electron chi connectivity index (χ3n) is 4.25. The molecule has 2 unspecified atom stereocenters. The van der Waals surface area contributed by atoms with Gasteiger partial charge in [0, 0.05) is 5.41 Å². The Bertz CT molecular complexity index is 280. The normalized spacial score (nSPS) is 40.3. The van der Waals surface area contributed by atoms with Crippen LogP contribution in [0.2, 0.25) is 0 Å². The minimum Gasteiger partial charge on any atom is -0.0775 e. The molecule has 3 aliphatic carbocycles. The molecule has 0 saturated heterocycles. The lowest BCUT2D eigenvalue weighted by Gasteiger charge is -2.45. The van der Waals surface area contributed by atoms with E-state index in [-0.39, 0.29) is 0 Å². The molecule has 0 nitrogen and oxygen atoms in total. The molecule has 0 heteroatoms. The van der Waals surface area contributed by atoms with E-state index >= 15 is 0 Å². The third kappa shape index (κ3) is 0.784. The van der Waals surface area contributed by atoms with Crippen LogP contribution in [-0.2, 0) is 0 Å². The van der Waals surface area contributed by atoms with Crippen molar-refractivity contribution in [3.05, 3.63) is 22.8 Å². The fraction of sp³-hybridized carbons (Fsp3) is 0.667. The zero-order chi connectivity index (χ0) is 8.93. The second-order valence-corrected chi connectivity index (χ2v) is 4.63. The lowest BCUT2D eigenvalue weighted by atomic mass is 9.60. The Morgan fingerprint density at radius 3 is 2.50 bits per heavy atom. The standard InChI is InChI=1S/C12H18/c1-8-7-11-5-6-12(8,4)10(3)9(11)2/h7,11H,5-6H2,1-4H3. The summed E-state index contributed by atoms with van der Waals surface area (Å²) >= 11 is 0. The Kier molecular flexibility index (Phi) is 1.51. The predicted octanol–water partition coefficient (Wildman–Crippen LogP) is 3.70. The van der Waals surface area contributed by atoms with E-state index in [0.29, 0.717) is 5.41 Å². The lowest BCUT2D eigenvalue weighted by molar-refractivity contribution is 0.335. The van der Waals surface area contributed by atoms with Crippen LogP contribution in [0.4, 0.5) is 0 Å². The smallest absolute Gasteiger partial charge is 0.00900 e. The van der Waals surface area contributed by atoms with E-state index in [4.69, 9.17) is 0 Å². The van der Waals surface area contributed by atoms with Crippen LogP contribution in [0.3, 0.4) is 0 Å². The monoisotopic (exact) mass is 162 g/mol. The van der Waals surface area contributed by atoms with Gasteiger partial charge in [0.25, 0.3) is 0 Å². The van der Waals surface area contributed by atoms with Gasteiger partial charge in [0.05, 0.1) is 0 Å². The van der Waals surface area contributed by atoms with E-state index in [2.05, 4.69) is 33.8 Å². The summed E-state index contributed by atoms with van der Waals surface area (Å²) in [5, 5.41) is 0. The van der Waals surface area contributed by atoms with Crippen LogP contribution < -0.4 is 0 Å². The summed E-state index contributed by atoms with van der Waals surface area (Å²) in [6, 6.07) is 0. The van der Waals surface area contributed by atoms with Gasteiger partial charge in [-0.2, -0.15) is 0 Å². The molecular weight excluding hydrogens is 144 g/mol. The molecule has 0 aliphatic heterocycles. The molecule has 0 aromatic carbocycles. The Hall–Kier alpha value is -0.520. The molecule has 0 radical (unpaired) electrons. The van der Waals surface area contributed by atoms with Crippen molar-refractivity contribution in [1.82, 2.24) is 0 Å². The maximum absolute atomic E-state index is 2.48. The number of fused-ring (bicyclic) bond motifs is 1. The minimum atomic E-state index is 0.416. The van der Waals surface area contributed by atoms with Gasteiger partial charge >= 0.3 is 0 Å². The zero-order valence-electron chi connectivity index (χ0n) is 8.57. The SMILES string of the molecule is CC1=CC2CCC1(C)C(C)=C2C. The largest absolute Gasteiger partial charge is 0.0775 e. The molecule has 3 rings (SSSR count). The quantitative estimate of drug-likeness (QED) is 0.476. The van der Waals surface area contributed by atoms with Crippen LogP contribution in [-0.4, -0.2) is 0 Å². The molecule has 0 amide bonds. The van der Waals surface area contributed by atoms with Crippen molar-refractivity contribution in [2.75, 3.05) is 0 Å². The van der Waals surface area contributed by atoms with Gasteiger partial charge in [0.1, 0.15) is 0 Å². The fourth-order valence-corrected chi connectivity index (χ4v) is 2.75. The molecule has 0 heterocycles. The summed E-state index contributed by atoms with van der Waals surface area (Å²) in [6.07, 6.45) is 5.21. The van der Waals surface area contributed by atoms with Crippen molar-refractivity contribution in [3.8, 4) is 0 Å². The average Bonchev–Trinajstić information content (AvgIpc) is 2.04. The van der Waals surface area contributed by atoms with Crippen molar-refractivity contribution in [1.29, 1.82) is 0 Å². The molecule has 2 bridgehead atoms. The van der Waals surface area contributed by atoms with Gasteiger partial charge in [-0.1, -0.05) is 29.7 Å². The molecule has 12 heavy (non-hydrogen) atoms. The van der Waals surface area contributed by atoms with Crippen LogP contribution >= 0.6 is 0 Å². The Morgan fingerprint density at radius 2 is 2.00 bits per heavy atom. The van der Waals surface area contributed by atoms with E-state index in [1.165, 1.54) is 12.8 Å². The second kappa shape index (κ2) is 2.25. The highest BCUT2D eigenvalue weighted by Crippen LogP contribution is 2.52. The number of hydrogen-bond acceptors (Lipinski definition) is 0. The van der Waals surface area contributed by atoms with Gasteiger partial charge in [-0.05, 0) is 39.5 Å². The first-order valence-electron chi connectivity index (χ1n) is 4.92. The van der Waals surface area contributed by atoms with Gasteiger partial charge in [-0.15, -0.1) is 0 Å². The minimum absolute atomic E-state index is 0.416.